The number of thiazole rings is 1. The molecule has 0 fully saturated rings. The van der Waals surface area contributed by atoms with Crippen molar-refractivity contribution >= 4 is 17.1 Å². The molecule has 0 unspecified atom stereocenters. The third-order valence-electron chi connectivity index (χ3n) is 3.19. The van der Waals surface area contributed by atoms with Gasteiger partial charge in [0.05, 0.1) is 6.54 Å². The van der Waals surface area contributed by atoms with Gasteiger partial charge in [0.25, 0.3) is 5.56 Å². The quantitative estimate of drug-likeness (QED) is 0.828. The first kappa shape index (κ1) is 11.3. The highest BCUT2D eigenvalue weighted by atomic mass is 32.1. The molecule has 2 aromatic rings. The number of aromatic nitrogens is 2. The van der Waals surface area contributed by atoms with Crippen molar-refractivity contribution in [2.24, 2.45) is 0 Å². The van der Waals surface area contributed by atoms with Crippen LogP contribution >= 0.6 is 11.3 Å². The number of fused-ring (bicyclic) bond motifs is 1. The Morgan fingerprint density at radius 3 is 2.94 bits per heavy atom. The number of hydrogen-bond acceptors (Lipinski definition) is 4. The molecule has 0 N–H and O–H groups in total. The fourth-order valence-corrected chi connectivity index (χ4v) is 2.94. The van der Waals surface area contributed by atoms with Gasteiger partial charge in [-0.25, -0.2) is 4.98 Å². The molecule has 1 aliphatic rings. The highest BCUT2D eigenvalue weighted by molar-refractivity contribution is 7.09. The number of hydrogen-bond donors (Lipinski definition) is 0. The first-order valence-corrected chi connectivity index (χ1v) is 6.78. The fraction of sp³-hybridized carbons (Fsp3) is 0.308. The Morgan fingerprint density at radius 2 is 2.17 bits per heavy atom. The molecule has 0 atom stereocenters. The van der Waals surface area contributed by atoms with Crippen LogP contribution in [-0.4, -0.2) is 15.3 Å². The summed E-state index contributed by atoms with van der Waals surface area (Å²) in [7, 11) is 0. The monoisotopic (exact) mass is 260 g/mol. The predicted molar refractivity (Wildman–Crippen MR) is 69.2 cm³/mol. The second-order valence-corrected chi connectivity index (χ2v) is 5.30. The van der Waals surface area contributed by atoms with E-state index in [2.05, 4.69) is 4.98 Å². The highest BCUT2D eigenvalue weighted by Crippen LogP contribution is 2.20. The first-order chi connectivity index (χ1) is 8.75. The average Bonchev–Trinajstić information content (AvgIpc) is 2.86. The average molecular weight is 260 g/mol. The molecule has 1 aliphatic carbocycles. The van der Waals surface area contributed by atoms with Gasteiger partial charge in [0.2, 0.25) is 0 Å². The van der Waals surface area contributed by atoms with Crippen LogP contribution in [0.4, 0.5) is 0 Å². The summed E-state index contributed by atoms with van der Waals surface area (Å²) in [6.07, 6.45) is 3.93. The van der Waals surface area contributed by atoms with Crippen LogP contribution < -0.4 is 5.56 Å². The summed E-state index contributed by atoms with van der Waals surface area (Å²) in [5.41, 5.74) is 1.52. The molecule has 0 saturated carbocycles. The predicted octanol–water partition coefficient (Wildman–Crippen LogP) is 1.87. The van der Waals surface area contributed by atoms with Gasteiger partial charge in [0, 0.05) is 35.3 Å². The van der Waals surface area contributed by atoms with Crippen molar-refractivity contribution in [3.05, 3.63) is 50.3 Å². The van der Waals surface area contributed by atoms with Crippen molar-refractivity contribution in [3.63, 3.8) is 0 Å². The van der Waals surface area contributed by atoms with E-state index in [9.17, 15) is 9.59 Å². The standard InChI is InChI=1S/C13H12N2O2S/c16-11-3-1-2-10-9(11)4-5-13(17)15(10)8-12-14-6-7-18-12/h4-7H,1-3,8H2. The molecule has 4 nitrogen and oxygen atoms in total. The number of rotatable bonds is 2. The van der Waals surface area contributed by atoms with E-state index in [1.54, 1.807) is 16.8 Å². The van der Waals surface area contributed by atoms with Gasteiger partial charge in [-0.05, 0) is 18.9 Å². The molecule has 0 saturated heterocycles. The maximum Gasteiger partial charge on any atom is 0.251 e. The van der Waals surface area contributed by atoms with Crippen molar-refractivity contribution in [3.8, 4) is 0 Å². The number of carbonyl (C=O) groups excluding carboxylic acids is 1. The zero-order chi connectivity index (χ0) is 12.5. The minimum Gasteiger partial charge on any atom is -0.305 e. The molecule has 3 rings (SSSR count). The van der Waals surface area contributed by atoms with Crippen LogP contribution in [0.1, 0.15) is 33.9 Å². The van der Waals surface area contributed by atoms with Gasteiger partial charge < -0.3 is 4.57 Å². The molecule has 2 aromatic heterocycles. The molecule has 5 heteroatoms. The molecular formula is C13H12N2O2S. The summed E-state index contributed by atoms with van der Waals surface area (Å²) in [6.45, 7) is 0.465. The fourth-order valence-electron chi connectivity index (χ4n) is 2.33. The lowest BCUT2D eigenvalue weighted by molar-refractivity contribution is 0.0970. The molecule has 0 amide bonds. The van der Waals surface area contributed by atoms with Crippen LogP contribution in [-0.2, 0) is 13.0 Å². The summed E-state index contributed by atoms with van der Waals surface area (Å²) in [6, 6.07) is 3.15. The third-order valence-corrected chi connectivity index (χ3v) is 3.95. The summed E-state index contributed by atoms with van der Waals surface area (Å²) >= 11 is 1.52. The van der Waals surface area contributed by atoms with Crippen LogP contribution in [0.2, 0.25) is 0 Å². The van der Waals surface area contributed by atoms with Crippen molar-refractivity contribution in [1.82, 2.24) is 9.55 Å². The number of carbonyl (C=O) groups is 1. The van der Waals surface area contributed by atoms with Crippen LogP contribution in [0.5, 0.6) is 0 Å². The Kier molecular flexibility index (Phi) is 2.83. The van der Waals surface area contributed by atoms with E-state index < -0.39 is 0 Å². The Balaban J connectivity index is 2.10. The summed E-state index contributed by atoms with van der Waals surface area (Å²) in [5, 5.41) is 2.78. The Bertz CT molecular complexity index is 644. The SMILES string of the molecule is O=C1CCCc2c1ccc(=O)n2Cc1nccs1. The van der Waals surface area contributed by atoms with Crippen molar-refractivity contribution in [2.75, 3.05) is 0 Å². The summed E-state index contributed by atoms with van der Waals surface area (Å²) in [4.78, 5) is 28.0. The molecule has 0 bridgehead atoms. The largest absolute Gasteiger partial charge is 0.305 e. The Morgan fingerprint density at radius 1 is 1.28 bits per heavy atom. The maximum absolute atomic E-state index is 12.0. The normalized spacial score (nSPS) is 14.6. The molecule has 92 valence electrons. The van der Waals surface area contributed by atoms with Crippen molar-refractivity contribution in [1.29, 1.82) is 0 Å². The summed E-state index contributed by atoms with van der Waals surface area (Å²) in [5.74, 6) is 0.143. The van der Waals surface area contributed by atoms with Crippen LogP contribution in [0.15, 0.2) is 28.5 Å². The van der Waals surface area contributed by atoms with E-state index in [0.717, 1.165) is 23.5 Å². The highest BCUT2D eigenvalue weighted by Gasteiger charge is 2.20. The van der Waals surface area contributed by atoms with E-state index in [4.69, 9.17) is 0 Å². The minimum absolute atomic E-state index is 0.0568. The van der Waals surface area contributed by atoms with Crippen molar-refractivity contribution in [2.45, 2.75) is 25.8 Å². The van der Waals surface area contributed by atoms with E-state index >= 15 is 0 Å². The van der Waals surface area contributed by atoms with E-state index in [1.165, 1.54) is 17.4 Å². The van der Waals surface area contributed by atoms with E-state index in [-0.39, 0.29) is 11.3 Å². The topological polar surface area (TPSA) is 52.0 Å². The van der Waals surface area contributed by atoms with Crippen LogP contribution in [0, 0.1) is 0 Å². The smallest absolute Gasteiger partial charge is 0.251 e. The summed E-state index contributed by atoms with van der Waals surface area (Å²) < 4.78 is 1.69. The van der Waals surface area contributed by atoms with Gasteiger partial charge in [-0.2, -0.15) is 0 Å². The van der Waals surface area contributed by atoms with Gasteiger partial charge in [0.1, 0.15) is 5.01 Å². The lowest BCUT2D eigenvalue weighted by Crippen LogP contribution is -2.28. The van der Waals surface area contributed by atoms with Gasteiger partial charge in [0.15, 0.2) is 5.78 Å². The molecule has 0 spiro atoms. The van der Waals surface area contributed by atoms with Gasteiger partial charge in [-0.3, -0.25) is 9.59 Å². The van der Waals surface area contributed by atoms with Crippen molar-refractivity contribution < 1.29 is 4.79 Å². The lowest BCUT2D eigenvalue weighted by Gasteiger charge is -2.19. The number of pyridine rings is 1. The zero-order valence-corrected chi connectivity index (χ0v) is 10.6. The second-order valence-electron chi connectivity index (χ2n) is 4.32. The van der Waals surface area contributed by atoms with Gasteiger partial charge in [-0.1, -0.05) is 0 Å². The zero-order valence-electron chi connectivity index (χ0n) is 9.76. The molecule has 0 radical (unpaired) electrons. The number of Topliss-reactive ketones (excluding diaryl/α,β-unsaturated/α-hetero) is 1. The molecule has 0 aromatic carbocycles. The van der Waals surface area contributed by atoms with E-state index in [0.29, 0.717) is 18.5 Å². The maximum atomic E-state index is 12.0. The molecule has 0 aliphatic heterocycles. The third kappa shape index (κ3) is 1.90. The Hall–Kier alpha value is -1.75. The second kappa shape index (κ2) is 4.49. The molecule has 18 heavy (non-hydrogen) atoms. The van der Waals surface area contributed by atoms with E-state index in [1.807, 2.05) is 5.38 Å². The number of nitrogens with zero attached hydrogens (tertiary/aromatic N) is 2. The van der Waals surface area contributed by atoms with Gasteiger partial charge in [-0.15, -0.1) is 11.3 Å². The minimum atomic E-state index is -0.0568. The van der Waals surface area contributed by atoms with Crippen LogP contribution in [0.25, 0.3) is 0 Å². The molecular weight excluding hydrogens is 248 g/mol. The first-order valence-electron chi connectivity index (χ1n) is 5.90. The number of ketones is 1. The van der Waals surface area contributed by atoms with Crippen LogP contribution in [0.3, 0.4) is 0 Å². The Labute approximate surface area is 108 Å². The van der Waals surface area contributed by atoms with Gasteiger partial charge >= 0.3 is 0 Å². The lowest BCUT2D eigenvalue weighted by atomic mass is 9.94. The molecule has 2 heterocycles.